The molecule has 0 aromatic heterocycles. The van der Waals surface area contributed by atoms with Crippen molar-refractivity contribution in [2.24, 2.45) is 0 Å². The molecule has 0 amide bonds. The summed E-state index contributed by atoms with van der Waals surface area (Å²) in [5.74, 6) is 0. The monoisotopic (exact) mass is 194 g/mol. The zero-order valence-corrected chi connectivity index (χ0v) is 9.96. The van der Waals surface area contributed by atoms with Gasteiger partial charge in [0, 0.05) is 7.05 Å². The molecule has 0 unspecified atom stereocenters. The summed E-state index contributed by atoms with van der Waals surface area (Å²) >= 11 is 0. The Morgan fingerprint density at radius 1 is 1.07 bits per heavy atom. The van der Waals surface area contributed by atoms with Gasteiger partial charge in [0.2, 0.25) is 0 Å². The van der Waals surface area contributed by atoms with Crippen molar-refractivity contribution >= 4 is 11.4 Å². The van der Waals surface area contributed by atoms with Crippen molar-refractivity contribution in [2.75, 3.05) is 23.9 Å². The molecule has 0 fully saturated rings. The molecule has 1 aromatic rings. The first-order valence-electron chi connectivity index (χ1n) is 5.42. The predicted octanol–water partition coefficient (Wildman–Crippen LogP) is 3.56. The van der Waals surface area contributed by atoms with E-state index in [1.807, 2.05) is 33.8 Å². The maximum absolute atomic E-state index is 3.28. The number of rotatable bonds is 0. The second-order valence-corrected chi connectivity index (χ2v) is 2.55. The highest BCUT2D eigenvalue weighted by molar-refractivity contribution is 5.73. The smallest absolute Gasteiger partial charge is 0.0874 e. The molecule has 14 heavy (non-hydrogen) atoms. The average molecular weight is 194 g/mol. The minimum Gasteiger partial charge on any atom is -0.366 e. The second kappa shape index (κ2) is 7.25. The number of fused-ring (bicyclic) bond motifs is 1. The van der Waals surface area contributed by atoms with Crippen LogP contribution in [0.15, 0.2) is 24.3 Å². The fourth-order valence-corrected chi connectivity index (χ4v) is 1.24. The van der Waals surface area contributed by atoms with Crippen LogP contribution in [0, 0.1) is 0 Å². The first-order chi connectivity index (χ1) is 6.88. The lowest BCUT2D eigenvalue weighted by molar-refractivity contribution is 1.03. The van der Waals surface area contributed by atoms with Gasteiger partial charge < -0.3 is 10.2 Å². The molecule has 0 bridgehead atoms. The zero-order valence-electron chi connectivity index (χ0n) is 9.96. The van der Waals surface area contributed by atoms with E-state index in [1.165, 1.54) is 11.4 Å². The summed E-state index contributed by atoms with van der Waals surface area (Å²) in [6.45, 7) is 8.93. The van der Waals surface area contributed by atoms with Crippen LogP contribution in [0.3, 0.4) is 0 Å². The fourth-order valence-electron chi connectivity index (χ4n) is 1.24. The Hall–Kier alpha value is -1.18. The minimum absolute atomic E-state index is 0.930. The van der Waals surface area contributed by atoms with Crippen LogP contribution in [-0.4, -0.2) is 13.7 Å². The quantitative estimate of drug-likeness (QED) is 0.679. The molecule has 2 heteroatoms. The molecule has 0 atom stereocenters. The van der Waals surface area contributed by atoms with E-state index in [2.05, 4.69) is 35.5 Å². The largest absolute Gasteiger partial charge is 0.366 e. The molecule has 0 saturated carbocycles. The SMILES string of the molecule is CC.CC.CN1CNc2ccccc21. The third kappa shape index (κ3) is 2.95. The Bertz CT molecular complexity index is 246. The number of para-hydroxylation sites is 2. The van der Waals surface area contributed by atoms with Crippen LogP contribution in [-0.2, 0) is 0 Å². The van der Waals surface area contributed by atoms with Gasteiger partial charge in [-0.05, 0) is 12.1 Å². The maximum atomic E-state index is 3.28. The van der Waals surface area contributed by atoms with E-state index >= 15 is 0 Å². The van der Waals surface area contributed by atoms with Crippen LogP contribution >= 0.6 is 0 Å². The molecule has 0 spiro atoms. The van der Waals surface area contributed by atoms with Gasteiger partial charge in [0.05, 0.1) is 18.0 Å². The molecule has 2 rings (SSSR count). The van der Waals surface area contributed by atoms with E-state index in [4.69, 9.17) is 0 Å². The van der Waals surface area contributed by atoms with E-state index < -0.39 is 0 Å². The standard InChI is InChI=1S/C8H10N2.2C2H6/c1-10-6-9-7-4-2-3-5-8(7)10;2*1-2/h2-5,9H,6H2,1H3;2*1-2H3. The molecule has 1 N–H and O–H groups in total. The van der Waals surface area contributed by atoms with Crippen molar-refractivity contribution in [3.8, 4) is 0 Å². The van der Waals surface area contributed by atoms with Crippen molar-refractivity contribution in [1.82, 2.24) is 0 Å². The van der Waals surface area contributed by atoms with Gasteiger partial charge in [-0.15, -0.1) is 0 Å². The number of hydrogen-bond donors (Lipinski definition) is 1. The lowest BCUT2D eigenvalue weighted by Gasteiger charge is -2.08. The van der Waals surface area contributed by atoms with Crippen LogP contribution in [0.5, 0.6) is 0 Å². The van der Waals surface area contributed by atoms with Crippen molar-refractivity contribution in [2.45, 2.75) is 27.7 Å². The van der Waals surface area contributed by atoms with Gasteiger partial charge in [0.15, 0.2) is 0 Å². The summed E-state index contributed by atoms with van der Waals surface area (Å²) in [6, 6.07) is 8.32. The molecular formula is C12H22N2. The Morgan fingerprint density at radius 3 is 2.21 bits per heavy atom. The number of anilines is 2. The van der Waals surface area contributed by atoms with E-state index in [0.29, 0.717) is 0 Å². The molecular weight excluding hydrogens is 172 g/mol. The Balaban J connectivity index is 0.000000379. The van der Waals surface area contributed by atoms with Crippen LogP contribution in [0.1, 0.15) is 27.7 Å². The predicted molar refractivity (Wildman–Crippen MR) is 66.0 cm³/mol. The average Bonchev–Trinajstić information content (AvgIpc) is 2.67. The van der Waals surface area contributed by atoms with Gasteiger partial charge >= 0.3 is 0 Å². The van der Waals surface area contributed by atoms with Crippen LogP contribution < -0.4 is 10.2 Å². The summed E-state index contributed by atoms with van der Waals surface area (Å²) < 4.78 is 0. The van der Waals surface area contributed by atoms with Gasteiger partial charge in [-0.1, -0.05) is 39.8 Å². The third-order valence-corrected chi connectivity index (χ3v) is 1.82. The van der Waals surface area contributed by atoms with Crippen LogP contribution in [0.4, 0.5) is 11.4 Å². The Labute approximate surface area is 87.9 Å². The Kier molecular flexibility index (Phi) is 6.63. The molecule has 1 aromatic carbocycles. The number of benzene rings is 1. The zero-order chi connectivity index (χ0) is 11.0. The maximum Gasteiger partial charge on any atom is 0.0874 e. The van der Waals surface area contributed by atoms with Gasteiger partial charge in [-0.2, -0.15) is 0 Å². The molecule has 1 heterocycles. The summed E-state index contributed by atoms with van der Waals surface area (Å²) in [5.41, 5.74) is 2.53. The highest BCUT2D eigenvalue weighted by Crippen LogP contribution is 2.28. The highest BCUT2D eigenvalue weighted by atomic mass is 15.3. The minimum atomic E-state index is 0.930. The number of nitrogens with one attached hydrogen (secondary N) is 1. The molecule has 0 radical (unpaired) electrons. The molecule has 0 saturated heterocycles. The van der Waals surface area contributed by atoms with Crippen molar-refractivity contribution in [1.29, 1.82) is 0 Å². The molecule has 1 aliphatic heterocycles. The van der Waals surface area contributed by atoms with Crippen molar-refractivity contribution in [3.63, 3.8) is 0 Å². The van der Waals surface area contributed by atoms with Gasteiger partial charge in [-0.25, -0.2) is 0 Å². The molecule has 0 aliphatic carbocycles. The Morgan fingerprint density at radius 2 is 1.64 bits per heavy atom. The lowest BCUT2D eigenvalue weighted by atomic mass is 10.3. The van der Waals surface area contributed by atoms with E-state index in [-0.39, 0.29) is 0 Å². The summed E-state index contributed by atoms with van der Waals surface area (Å²) in [5, 5.41) is 3.28. The number of nitrogens with zero attached hydrogens (tertiary/aromatic N) is 1. The first-order valence-corrected chi connectivity index (χ1v) is 5.42. The summed E-state index contributed by atoms with van der Waals surface area (Å²) in [7, 11) is 2.08. The van der Waals surface area contributed by atoms with Crippen LogP contribution in [0.25, 0.3) is 0 Å². The number of hydrogen-bond acceptors (Lipinski definition) is 2. The first kappa shape index (κ1) is 12.8. The van der Waals surface area contributed by atoms with E-state index in [0.717, 1.165) is 6.67 Å². The van der Waals surface area contributed by atoms with Crippen molar-refractivity contribution < 1.29 is 0 Å². The third-order valence-electron chi connectivity index (χ3n) is 1.82. The van der Waals surface area contributed by atoms with Gasteiger partial charge in [-0.3, -0.25) is 0 Å². The second-order valence-electron chi connectivity index (χ2n) is 2.55. The molecule has 1 aliphatic rings. The van der Waals surface area contributed by atoms with Gasteiger partial charge in [0.25, 0.3) is 0 Å². The molecule has 80 valence electrons. The summed E-state index contributed by atoms with van der Waals surface area (Å²) in [4.78, 5) is 2.19. The topological polar surface area (TPSA) is 15.3 Å². The highest BCUT2D eigenvalue weighted by Gasteiger charge is 2.11. The fraction of sp³-hybridized carbons (Fsp3) is 0.500. The summed E-state index contributed by atoms with van der Waals surface area (Å²) in [6.07, 6.45) is 0. The molecule has 2 nitrogen and oxygen atoms in total. The lowest BCUT2D eigenvalue weighted by Crippen LogP contribution is -2.15. The van der Waals surface area contributed by atoms with Crippen molar-refractivity contribution in [3.05, 3.63) is 24.3 Å². The van der Waals surface area contributed by atoms with E-state index in [9.17, 15) is 0 Å². The van der Waals surface area contributed by atoms with Crippen LogP contribution in [0.2, 0.25) is 0 Å². The van der Waals surface area contributed by atoms with E-state index in [1.54, 1.807) is 0 Å². The van der Waals surface area contributed by atoms with Gasteiger partial charge in [0.1, 0.15) is 0 Å². The normalized spacial score (nSPS) is 11.4.